The fourth-order valence-electron chi connectivity index (χ4n) is 3.49. The second kappa shape index (κ2) is 9.29. The van der Waals surface area contributed by atoms with Crippen LogP contribution in [0.5, 0.6) is 11.5 Å². The van der Waals surface area contributed by atoms with Gasteiger partial charge in [-0.3, -0.25) is 15.0 Å². The molecule has 12 heteroatoms. The Hall–Kier alpha value is -4.29. The summed E-state index contributed by atoms with van der Waals surface area (Å²) < 4.78 is 31.0. The van der Waals surface area contributed by atoms with Crippen LogP contribution in [0, 0.1) is 12.7 Å². The smallest absolute Gasteiger partial charge is 0.223 e. The monoisotopic (exact) mass is 464 g/mol. The molecule has 0 atom stereocenters. The maximum Gasteiger partial charge on any atom is 0.223 e. The zero-order valence-electron chi connectivity index (χ0n) is 18.4. The number of fused-ring (bicyclic) bond motifs is 3. The molecule has 1 aliphatic rings. The quantitative estimate of drug-likeness (QED) is 0.215. The van der Waals surface area contributed by atoms with Gasteiger partial charge >= 0.3 is 0 Å². The van der Waals surface area contributed by atoms with Gasteiger partial charge in [-0.25, -0.2) is 14.8 Å². The molecule has 0 bridgehead atoms. The van der Waals surface area contributed by atoms with Gasteiger partial charge in [-0.15, -0.1) is 0 Å². The first-order valence-electron chi connectivity index (χ1n) is 10.3. The van der Waals surface area contributed by atoms with Gasteiger partial charge in [0.1, 0.15) is 35.2 Å². The zero-order chi connectivity index (χ0) is 23.5. The number of hydrazine groups is 2. The summed E-state index contributed by atoms with van der Waals surface area (Å²) in [5, 5.41) is 4.00. The third-order valence-electron chi connectivity index (χ3n) is 5.11. The van der Waals surface area contributed by atoms with Crippen molar-refractivity contribution in [2.45, 2.75) is 13.5 Å². The first-order chi connectivity index (χ1) is 16.6. The van der Waals surface area contributed by atoms with Gasteiger partial charge in [-0.1, -0.05) is 5.16 Å². The molecule has 0 aliphatic carbocycles. The maximum atomic E-state index is 13.0. The maximum absolute atomic E-state index is 13.0. The van der Waals surface area contributed by atoms with E-state index in [4.69, 9.17) is 19.0 Å². The van der Waals surface area contributed by atoms with E-state index < -0.39 is 0 Å². The summed E-state index contributed by atoms with van der Waals surface area (Å²) in [5.41, 5.74) is 11.9. The summed E-state index contributed by atoms with van der Waals surface area (Å²) in [6.45, 7) is 2.17. The number of aryl methyl sites for hydroxylation is 1. The predicted octanol–water partition coefficient (Wildman–Crippen LogP) is 2.27. The zero-order valence-corrected chi connectivity index (χ0v) is 18.4. The highest BCUT2D eigenvalue weighted by Crippen LogP contribution is 2.29. The average molecular weight is 464 g/mol. The molecule has 1 aliphatic heterocycles. The van der Waals surface area contributed by atoms with E-state index >= 15 is 0 Å². The molecule has 0 spiro atoms. The third kappa shape index (κ3) is 4.31. The Morgan fingerprint density at radius 3 is 2.74 bits per heavy atom. The van der Waals surface area contributed by atoms with Crippen LogP contribution in [-0.4, -0.2) is 39.4 Å². The first-order valence-corrected chi connectivity index (χ1v) is 10.3. The average Bonchev–Trinajstić information content (AvgIpc) is 3.44. The lowest BCUT2D eigenvalue weighted by Gasteiger charge is -2.15. The molecule has 11 nitrogen and oxygen atoms in total. The third-order valence-corrected chi connectivity index (χ3v) is 5.11. The van der Waals surface area contributed by atoms with Gasteiger partial charge in [0.15, 0.2) is 6.73 Å². The van der Waals surface area contributed by atoms with Crippen LogP contribution in [-0.2, 0) is 6.54 Å². The van der Waals surface area contributed by atoms with Gasteiger partial charge in [-0.05, 0) is 42.5 Å². The van der Waals surface area contributed by atoms with E-state index in [0.29, 0.717) is 41.3 Å². The summed E-state index contributed by atoms with van der Waals surface area (Å²) in [7, 11) is 1.61. The van der Waals surface area contributed by atoms with Gasteiger partial charge in [0, 0.05) is 12.5 Å². The van der Waals surface area contributed by atoms with Crippen LogP contribution < -0.4 is 25.9 Å². The lowest BCUT2D eigenvalue weighted by molar-refractivity contribution is 0.254. The Morgan fingerprint density at radius 2 is 1.97 bits per heavy atom. The van der Waals surface area contributed by atoms with Crippen molar-refractivity contribution in [3.05, 3.63) is 71.8 Å². The van der Waals surface area contributed by atoms with Gasteiger partial charge in [-0.2, -0.15) is 10.5 Å². The normalized spacial score (nSPS) is 12.4. The van der Waals surface area contributed by atoms with Gasteiger partial charge in [0.2, 0.25) is 11.7 Å². The summed E-state index contributed by atoms with van der Waals surface area (Å²) in [6, 6.07) is 11.4. The second-order valence-electron chi connectivity index (χ2n) is 7.26. The van der Waals surface area contributed by atoms with E-state index in [2.05, 4.69) is 31.5 Å². The number of benzene rings is 2. The number of hydrogen-bond acceptors (Lipinski definition) is 10. The molecule has 2 aromatic heterocycles. The molecule has 174 valence electrons. The van der Waals surface area contributed by atoms with Crippen LogP contribution in [0.15, 0.2) is 58.3 Å². The SMILES string of the molecule is COc1ccc2c(c1)C(NNNCOc1ccc(F)cc1)=NCc1c(-c3noc(C)n3)ncn1-2. The van der Waals surface area contributed by atoms with Gasteiger partial charge in [0.25, 0.3) is 0 Å². The number of aromatic nitrogens is 4. The number of aliphatic imine (C=N–C) groups is 1. The van der Waals surface area contributed by atoms with Crippen LogP contribution in [0.4, 0.5) is 4.39 Å². The number of nitrogens with zero attached hydrogens (tertiary/aromatic N) is 5. The first kappa shape index (κ1) is 21.6. The highest BCUT2D eigenvalue weighted by atomic mass is 19.1. The molecule has 0 saturated heterocycles. The number of hydrogen-bond donors (Lipinski definition) is 3. The Labute approximate surface area is 193 Å². The van der Waals surface area contributed by atoms with Crippen molar-refractivity contribution in [2.24, 2.45) is 4.99 Å². The van der Waals surface area contributed by atoms with Gasteiger partial charge in [0.05, 0.1) is 25.0 Å². The number of rotatable bonds is 7. The minimum Gasteiger partial charge on any atom is -0.497 e. The van der Waals surface area contributed by atoms with E-state index in [0.717, 1.165) is 16.9 Å². The van der Waals surface area contributed by atoms with Crippen molar-refractivity contribution in [1.29, 1.82) is 0 Å². The number of imidazole rings is 1. The Morgan fingerprint density at radius 1 is 1.15 bits per heavy atom. The Bertz CT molecular complexity index is 1330. The van der Waals surface area contributed by atoms with E-state index in [-0.39, 0.29) is 12.5 Å². The molecular weight excluding hydrogens is 443 g/mol. The van der Waals surface area contributed by atoms with Gasteiger partial charge < -0.3 is 14.0 Å². The van der Waals surface area contributed by atoms with Crippen LogP contribution in [0.3, 0.4) is 0 Å². The molecule has 2 aromatic carbocycles. The highest BCUT2D eigenvalue weighted by Gasteiger charge is 2.24. The number of nitrogens with one attached hydrogen (secondary N) is 3. The number of halogens is 1. The lowest BCUT2D eigenvalue weighted by atomic mass is 10.1. The lowest BCUT2D eigenvalue weighted by Crippen LogP contribution is -2.48. The standard InChI is InChI=1S/C22H21FN8O3/c1-13-27-22(29-34-13)20-19-10-24-21(28-30-26-12-33-15-5-3-14(23)4-6-15)17-9-16(32-2)7-8-18(17)31(19)11-25-20/h3-9,11,26,30H,10,12H2,1-2H3,(H,24,28). The molecule has 0 amide bonds. The fraction of sp³-hybridized carbons (Fsp3) is 0.182. The minimum absolute atomic E-state index is 0.127. The van der Waals surface area contributed by atoms with E-state index in [1.807, 2.05) is 22.8 Å². The number of amidine groups is 1. The molecule has 0 saturated carbocycles. The van der Waals surface area contributed by atoms with Crippen molar-refractivity contribution < 1.29 is 18.4 Å². The summed E-state index contributed by atoms with van der Waals surface area (Å²) in [6.07, 6.45) is 1.71. The van der Waals surface area contributed by atoms with Crippen LogP contribution in [0.25, 0.3) is 17.2 Å². The van der Waals surface area contributed by atoms with E-state index in [1.165, 1.54) is 12.1 Å². The molecule has 4 aromatic rings. The summed E-state index contributed by atoms with van der Waals surface area (Å²) >= 11 is 0. The number of ether oxygens (including phenoxy) is 2. The van der Waals surface area contributed by atoms with Crippen LogP contribution in [0.2, 0.25) is 0 Å². The number of methoxy groups -OCH3 is 1. The summed E-state index contributed by atoms with van der Waals surface area (Å²) in [4.78, 5) is 13.5. The fourth-order valence-corrected chi connectivity index (χ4v) is 3.49. The van der Waals surface area contributed by atoms with E-state index in [1.54, 1.807) is 32.5 Å². The van der Waals surface area contributed by atoms with Crippen molar-refractivity contribution in [2.75, 3.05) is 13.8 Å². The second-order valence-corrected chi connectivity index (χ2v) is 7.26. The molecular formula is C22H21FN8O3. The van der Waals surface area contributed by atoms with E-state index in [9.17, 15) is 4.39 Å². The Kier molecular flexibility index (Phi) is 5.89. The van der Waals surface area contributed by atoms with Crippen LogP contribution in [0.1, 0.15) is 17.1 Å². The van der Waals surface area contributed by atoms with Crippen molar-refractivity contribution >= 4 is 5.84 Å². The van der Waals surface area contributed by atoms with Crippen molar-refractivity contribution in [3.63, 3.8) is 0 Å². The topological polar surface area (TPSA) is 124 Å². The molecule has 34 heavy (non-hydrogen) atoms. The molecule has 3 heterocycles. The largest absolute Gasteiger partial charge is 0.497 e. The summed E-state index contributed by atoms with van der Waals surface area (Å²) in [5.74, 6) is 2.33. The minimum atomic E-state index is -0.320. The highest BCUT2D eigenvalue weighted by molar-refractivity contribution is 6.02. The van der Waals surface area contributed by atoms with Crippen molar-refractivity contribution in [1.82, 2.24) is 36.1 Å². The molecule has 0 fully saturated rings. The predicted molar refractivity (Wildman–Crippen MR) is 120 cm³/mol. The Balaban J connectivity index is 1.35. The van der Waals surface area contributed by atoms with Crippen molar-refractivity contribution in [3.8, 4) is 28.7 Å². The van der Waals surface area contributed by atoms with Crippen LogP contribution >= 0.6 is 0 Å². The molecule has 0 unspecified atom stereocenters. The molecule has 0 radical (unpaired) electrons. The molecule has 5 rings (SSSR count). The molecule has 3 N–H and O–H groups in total.